The first-order valence-electron chi connectivity index (χ1n) is 9.07. The molecule has 26 heavy (non-hydrogen) atoms. The maximum Gasteiger partial charge on any atom is 0.241 e. The SMILES string of the molecule is COc1cccc(N2CCN([C@H](C)C(=O)Nc3ccc(C)cc3)CC2)c1. The largest absolute Gasteiger partial charge is 0.497 e. The van der Waals surface area contributed by atoms with Crippen molar-refractivity contribution in [2.75, 3.05) is 43.5 Å². The molecule has 1 heterocycles. The number of rotatable bonds is 5. The van der Waals surface area contributed by atoms with Crippen molar-refractivity contribution < 1.29 is 9.53 Å². The summed E-state index contributed by atoms with van der Waals surface area (Å²) >= 11 is 0. The third-order valence-corrected chi connectivity index (χ3v) is 4.98. The summed E-state index contributed by atoms with van der Waals surface area (Å²) in [6.45, 7) is 7.53. The van der Waals surface area contributed by atoms with Crippen molar-refractivity contribution in [3.05, 3.63) is 54.1 Å². The van der Waals surface area contributed by atoms with E-state index in [0.717, 1.165) is 37.6 Å². The molecule has 0 aromatic heterocycles. The number of carbonyl (C=O) groups is 1. The summed E-state index contributed by atoms with van der Waals surface area (Å²) in [7, 11) is 1.69. The van der Waals surface area contributed by atoms with Gasteiger partial charge in [0.05, 0.1) is 13.2 Å². The molecule has 0 radical (unpaired) electrons. The molecule has 2 aromatic carbocycles. The standard InChI is InChI=1S/C21H27N3O2/c1-16-7-9-18(10-8-16)22-21(25)17(2)23-11-13-24(14-12-23)19-5-4-6-20(15-19)26-3/h4-10,15,17H,11-14H2,1-3H3,(H,22,25)/t17-/m1/s1. The van der Waals surface area contributed by atoms with Crippen molar-refractivity contribution in [3.8, 4) is 5.75 Å². The number of anilines is 2. The van der Waals surface area contributed by atoms with Crippen LogP contribution in [0.2, 0.25) is 0 Å². The van der Waals surface area contributed by atoms with E-state index >= 15 is 0 Å². The summed E-state index contributed by atoms with van der Waals surface area (Å²) in [6, 6.07) is 15.9. The Morgan fingerprint density at radius 3 is 2.42 bits per heavy atom. The number of nitrogens with zero attached hydrogens (tertiary/aromatic N) is 2. The molecular formula is C21H27N3O2. The Morgan fingerprint density at radius 1 is 1.08 bits per heavy atom. The number of benzene rings is 2. The third kappa shape index (κ3) is 4.35. The Bertz CT molecular complexity index is 737. The first kappa shape index (κ1) is 18.3. The van der Waals surface area contributed by atoms with Gasteiger partial charge in [0, 0.05) is 43.6 Å². The molecular weight excluding hydrogens is 326 g/mol. The Hall–Kier alpha value is -2.53. The fourth-order valence-corrected chi connectivity index (χ4v) is 3.22. The van der Waals surface area contributed by atoms with Gasteiger partial charge >= 0.3 is 0 Å². The van der Waals surface area contributed by atoms with Crippen molar-refractivity contribution >= 4 is 17.3 Å². The third-order valence-electron chi connectivity index (χ3n) is 4.98. The first-order valence-corrected chi connectivity index (χ1v) is 9.07. The van der Waals surface area contributed by atoms with E-state index < -0.39 is 0 Å². The molecule has 0 bridgehead atoms. The summed E-state index contributed by atoms with van der Waals surface area (Å²) in [4.78, 5) is 17.1. The van der Waals surface area contributed by atoms with Crippen LogP contribution in [0.5, 0.6) is 5.75 Å². The van der Waals surface area contributed by atoms with E-state index in [4.69, 9.17) is 4.74 Å². The van der Waals surface area contributed by atoms with Gasteiger partial charge in [0.1, 0.15) is 5.75 Å². The molecule has 1 saturated heterocycles. The maximum absolute atomic E-state index is 12.5. The predicted molar refractivity (Wildman–Crippen MR) is 106 cm³/mol. The molecule has 1 amide bonds. The molecule has 5 heteroatoms. The van der Waals surface area contributed by atoms with Crippen molar-refractivity contribution in [1.29, 1.82) is 0 Å². The first-order chi connectivity index (χ1) is 12.6. The molecule has 3 rings (SSSR count). The second-order valence-corrected chi connectivity index (χ2v) is 6.76. The second kappa shape index (κ2) is 8.23. The van der Waals surface area contributed by atoms with Crippen molar-refractivity contribution in [2.45, 2.75) is 19.9 Å². The highest BCUT2D eigenvalue weighted by Crippen LogP contribution is 2.22. The zero-order valence-corrected chi connectivity index (χ0v) is 15.7. The topological polar surface area (TPSA) is 44.8 Å². The van der Waals surface area contributed by atoms with Crippen LogP contribution >= 0.6 is 0 Å². The number of methoxy groups -OCH3 is 1. The highest BCUT2D eigenvalue weighted by atomic mass is 16.5. The van der Waals surface area contributed by atoms with Gasteiger partial charge in [-0.2, -0.15) is 0 Å². The van der Waals surface area contributed by atoms with Crippen LogP contribution in [-0.4, -0.2) is 50.1 Å². The fraction of sp³-hybridized carbons (Fsp3) is 0.381. The number of ether oxygens (including phenoxy) is 1. The van der Waals surface area contributed by atoms with E-state index in [1.165, 1.54) is 11.3 Å². The molecule has 0 spiro atoms. The minimum Gasteiger partial charge on any atom is -0.497 e. The number of carbonyl (C=O) groups excluding carboxylic acids is 1. The van der Waals surface area contributed by atoms with Gasteiger partial charge in [0.15, 0.2) is 0 Å². The normalized spacial score (nSPS) is 16.2. The number of hydrogen-bond acceptors (Lipinski definition) is 4. The number of piperazine rings is 1. The van der Waals surface area contributed by atoms with Crippen LogP contribution < -0.4 is 15.0 Å². The molecule has 1 fully saturated rings. The lowest BCUT2D eigenvalue weighted by atomic mass is 10.1. The fourth-order valence-electron chi connectivity index (χ4n) is 3.22. The molecule has 0 aliphatic carbocycles. The summed E-state index contributed by atoms with van der Waals surface area (Å²) < 4.78 is 5.31. The summed E-state index contributed by atoms with van der Waals surface area (Å²) in [5.74, 6) is 0.916. The van der Waals surface area contributed by atoms with E-state index in [2.05, 4.69) is 27.2 Å². The lowest BCUT2D eigenvalue weighted by Gasteiger charge is -2.38. The number of aryl methyl sites for hydroxylation is 1. The van der Waals surface area contributed by atoms with Gasteiger partial charge in [-0.1, -0.05) is 23.8 Å². The van der Waals surface area contributed by atoms with Crippen LogP contribution in [0, 0.1) is 6.92 Å². The predicted octanol–water partition coefficient (Wildman–Crippen LogP) is 3.15. The molecule has 0 saturated carbocycles. The van der Waals surface area contributed by atoms with Gasteiger partial charge in [-0.15, -0.1) is 0 Å². The molecule has 138 valence electrons. The molecule has 1 aliphatic rings. The second-order valence-electron chi connectivity index (χ2n) is 6.76. The van der Waals surface area contributed by atoms with Gasteiger partial charge < -0.3 is 15.0 Å². The summed E-state index contributed by atoms with van der Waals surface area (Å²) in [5.41, 5.74) is 3.20. The lowest BCUT2D eigenvalue weighted by Crippen LogP contribution is -2.52. The monoisotopic (exact) mass is 353 g/mol. The van der Waals surface area contributed by atoms with Gasteiger partial charge in [-0.05, 0) is 38.1 Å². The molecule has 1 aliphatic heterocycles. The quantitative estimate of drug-likeness (QED) is 0.897. The van der Waals surface area contributed by atoms with E-state index in [1.807, 2.05) is 50.2 Å². The van der Waals surface area contributed by atoms with Crippen LogP contribution in [0.3, 0.4) is 0 Å². The van der Waals surface area contributed by atoms with Crippen LogP contribution in [0.1, 0.15) is 12.5 Å². The smallest absolute Gasteiger partial charge is 0.241 e. The number of amides is 1. The summed E-state index contributed by atoms with van der Waals surface area (Å²) in [5, 5.41) is 3.01. The Kier molecular flexibility index (Phi) is 5.78. The lowest BCUT2D eigenvalue weighted by molar-refractivity contribution is -0.120. The van der Waals surface area contributed by atoms with Crippen molar-refractivity contribution in [2.24, 2.45) is 0 Å². The summed E-state index contributed by atoms with van der Waals surface area (Å²) in [6.07, 6.45) is 0. The van der Waals surface area contributed by atoms with E-state index in [1.54, 1.807) is 7.11 Å². The van der Waals surface area contributed by atoms with Gasteiger partial charge in [0.25, 0.3) is 0 Å². The van der Waals surface area contributed by atoms with Gasteiger partial charge in [0.2, 0.25) is 5.91 Å². The minimum absolute atomic E-state index is 0.0451. The molecule has 1 atom stereocenters. The molecule has 5 nitrogen and oxygen atoms in total. The number of nitrogens with one attached hydrogen (secondary N) is 1. The van der Waals surface area contributed by atoms with Gasteiger partial charge in [-0.3, -0.25) is 9.69 Å². The van der Waals surface area contributed by atoms with E-state index in [-0.39, 0.29) is 11.9 Å². The van der Waals surface area contributed by atoms with E-state index in [9.17, 15) is 4.79 Å². The molecule has 0 unspecified atom stereocenters. The van der Waals surface area contributed by atoms with Crippen LogP contribution in [0.25, 0.3) is 0 Å². The zero-order chi connectivity index (χ0) is 18.5. The highest BCUT2D eigenvalue weighted by Gasteiger charge is 2.25. The Labute approximate surface area is 155 Å². The average Bonchev–Trinajstić information content (AvgIpc) is 2.69. The maximum atomic E-state index is 12.5. The van der Waals surface area contributed by atoms with Crippen LogP contribution in [0.4, 0.5) is 11.4 Å². The van der Waals surface area contributed by atoms with Crippen LogP contribution in [-0.2, 0) is 4.79 Å². The Morgan fingerprint density at radius 2 is 1.77 bits per heavy atom. The van der Waals surface area contributed by atoms with Crippen molar-refractivity contribution in [3.63, 3.8) is 0 Å². The highest BCUT2D eigenvalue weighted by molar-refractivity contribution is 5.94. The number of hydrogen-bond donors (Lipinski definition) is 1. The Balaban J connectivity index is 1.55. The van der Waals surface area contributed by atoms with Crippen molar-refractivity contribution in [1.82, 2.24) is 4.90 Å². The van der Waals surface area contributed by atoms with Gasteiger partial charge in [-0.25, -0.2) is 0 Å². The average molecular weight is 353 g/mol. The zero-order valence-electron chi connectivity index (χ0n) is 15.7. The van der Waals surface area contributed by atoms with E-state index in [0.29, 0.717) is 0 Å². The minimum atomic E-state index is -0.149. The van der Waals surface area contributed by atoms with Crippen LogP contribution in [0.15, 0.2) is 48.5 Å². The molecule has 1 N–H and O–H groups in total. The molecule has 2 aromatic rings.